The van der Waals surface area contributed by atoms with Gasteiger partial charge in [-0.15, -0.1) is 0 Å². The Bertz CT molecular complexity index is 509. The van der Waals surface area contributed by atoms with E-state index in [-0.39, 0.29) is 11.9 Å². The first-order chi connectivity index (χ1) is 9.67. The van der Waals surface area contributed by atoms with Gasteiger partial charge in [-0.2, -0.15) is 0 Å². The van der Waals surface area contributed by atoms with Crippen molar-refractivity contribution in [2.45, 2.75) is 25.8 Å². The summed E-state index contributed by atoms with van der Waals surface area (Å²) in [7, 11) is 0. The molecule has 0 aliphatic rings. The van der Waals surface area contributed by atoms with Crippen molar-refractivity contribution in [3.8, 4) is 0 Å². The molecule has 0 radical (unpaired) electrons. The monoisotopic (exact) mass is 273 g/mol. The second kappa shape index (κ2) is 7.01. The van der Waals surface area contributed by atoms with Gasteiger partial charge in [-0.1, -0.05) is 19.1 Å². The van der Waals surface area contributed by atoms with Crippen LogP contribution in [-0.4, -0.2) is 17.6 Å². The number of pyridine rings is 1. The summed E-state index contributed by atoms with van der Waals surface area (Å²) in [5.41, 5.74) is 7.84. The molecule has 1 unspecified atom stereocenters. The van der Waals surface area contributed by atoms with E-state index >= 15 is 0 Å². The zero-order chi connectivity index (χ0) is 14.4. The van der Waals surface area contributed by atoms with Gasteiger partial charge < -0.3 is 11.1 Å². The minimum Gasteiger partial charge on any atom is -0.384 e. The van der Waals surface area contributed by atoms with Gasteiger partial charge in [-0.3, -0.25) is 0 Å². The van der Waals surface area contributed by atoms with E-state index in [1.54, 1.807) is 18.3 Å². The summed E-state index contributed by atoms with van der Waals surface area (Å²) in [5, 5.41) is 3.43. The van der Waals surface area contributed by atoms with E-state index < -0.39 is 0 Å². The molecule has 4 heteroatoms. The fraction of sp³-hybridized carbons (Fsp3) is 0.312. The predicted octanol–water partition coefficient (Wildman–Crippen LogP) is 2.57. The Morgan fingerprint density at radius 3 is 2.60 bits per heavy atom. The second-order valence-electron chi connectivity index (χ2n) is 4.88. The number of anilines is 1. The molecular weight excluding hydrogens is 253 g/mol. The molecule has 106 valence electrons. The van der Waals surface area contributed by atoms with E-state index in [4.69, 9.17) is 5.73 Å². The van der Waals surface area contributed by atoms with Crippen LogP contribution in [0.3, 0.4) is 0 Å². The lowest BCUT2D eigenvalue weighted by Crippen LogP contribution is -2.33. The normalized spacial score (nSPS) is 12.3. The molecule has 1 aromatic heterocycles. The number of benzene rings is 1. The minimum absolute atomic E-state index is 0.189. The number of nitrogens with two attached hydrogens (primary N) is 1. The van der Waals surface area contributed by atoms with Gasteiger partial charge in [0.25, 0.3) is 0 Å². The summed E-state index contributed by atoms with van der Waals surface area (Å²) in [6.07, 6.45) is 3.35. The van der Waals surface area contributed by atoms with Gasteiger partial charge >= 0.3 is 0 Å². The topological polar surface area (TPSA) is 50.9 Å². The fourth-order valence-corrected chi connectivity index (χ4v) is 2.36. The third kappa shape index (κ3) is 4.31. The number of hydrogen-bond donors (Lipinski definition) is 2. The Morgan fingerprint density at radius 2 is 1.95 bits per heavy atom. The lowest BCUT2D eigenvalue weighted by Gasteiger charge is -2.18. The third-order valence-corrected chi connectivity index (χ3v) is 3.19. The molecule has 1 atom stereocenters. The van der Waals surface area contributed by atoms with E-state index in [1.807, 2.05) is 18.2 Å². The summed E-state index contributed by atoms with van der Waals surface area (Å²) < 4.78 is 13.2. The minimum atomic E-state index is -0.189. The summed E-state index contributed by atoms with van der Waals surface area (Å²) in [6, 6.07) is 10.9. The van der Waals surface area contributed by atoms with Gasteiger partial charge in [-0.05, 0) is 54.8 Å². The molecule has 3 N–H and O–H groups in total. The molecule has 2 rings (SSSR count). The molecular formula is C16H20FN3. The number of nitrogens with zero attached hydrogens (tertiary/aromatic N) is 1. The van der Waals surface area contributed by atoms with Crippen molar-refractivity contribution in [2.24, 2.45) is 0 Å². The molecule has 0 aliphatic heterocycles. The van der Waals surface area contributed by atoms with E-state index in [9.17, 15) is 4.39 Å². The van der Waals surface area contributed by atoms with Gasteiger partial charge in [0, 0.05) is 12.2 Å². The average Bonchev–Trinajstić information content (AvgIpc) is 2.39. The quantitative estimate of drug-likeness (QED) is 0.850. The molecule has 0 bridgehead atoms. The molecule has 0 fully saturated rings. The standard InChI is InChI=1S/C16H20FN3/c1-2-19-15(9-12-4-3-5-14(17)8-12)10-13-6-7-20-16(18)11-13/h3-8,11,15,19H,2,9-10H2,1H3,(H2,18,20). The average molecular weight is 273 g/mol. The SMILES string of the molecule is CCNC(Cc1cccc(F)c1)Cc1ccnc(N)c1. The number of aromatic nitrogens is 1. The van der Waals surface area contributed by atoms with E-state index in [0.29, 0.717) is 5.82 Å². The zero-order valence-corrected chi connectivity index (χ0v) is 11.6. The maximum atomic E-state index is 13.2. The van der Waals surface area contributed by atoms with Crippen LogP contribution in [0.25, 0.3) is 0 Å². The summed E-state index contributed by atoms with van der Waals surface area (Å²) in [4.78, 5) is 4.00. The smallest absolute Gasteiger partial charge is 0.123 e. The van der Waals surface area contributed by atoms with E-state index in [2.05, 4.69) is 17.2 Å². The Labute approximate surface area is 119 Å². The highest BCUT2D eigenvalue weighted by Gasteiger charge is 2.10. The molecule has 0 amide bonds. The van der Waals surface area contributed by atoms with Crippen molar-refractivity contribution in [1.29, 1.82) is 0 Å². The number of nitrogens with one attached hydrogen (secondary N) is 1. The first-order valence-corrected chi connectivity index (χ1v) is 6.85. The van der Waals surface area contributed by atoms with Crippen molar-refractivity contribution in [1.82, 2.24) is 10.3 Å². The number of hydrogen-bond acceptors (Lipinski definition) is 3. The number of likely N-dealkylation sites (N-methyl/N-ethyl adjacent to an activating group) is 1. The van der Waals surface area contributed by atoms with Crippen LogP contribution in [-0.2, 0) is 12.8 Å². The van der Waals surface area contributed by atoms with E-state index in [0.717, 1.165) is 30.5 Å². The van der Waals surface area contributed by atoms with E-state index in [1.165, 1.54) is 6.07 Å². The Morgan fingerprint density at radius 1 is 1.20 bits per heavy atom. The highest BCUT2D eigenvalue weighted by molar-refractivity contribution is 5.32. The molecule has 0 saturated carbocycles. The van der Waals surface area contributed by atoms with Crippen molar-refractivity contribution in [3.05, 3.63) is 59.5 Å². The van der Waals surface area contributed by atoms with Crippen LogP contribution >= 0.6 is 0 Å². The van der Waals surface area contributed by atoms with Crippen LogP contribution in [0.15, 0.2) is 42.6 Å². The largest absolute Gasteiger partial charge is 0.384 e. The van der Waals surface area contributed by atoms with Crippen LogP contribution < -0.4 is 11.1 Å². The first-order valence-electron chi connectivity index (χ1n) is 6.85. The van der Waals surface area contributed by atoms with Crippen molar-refractivity contribution in [2.75, 3.05) is 12.3 Å². The third-order valence-electron chi connectivity index (χ3n) is 3.19. The molecule has 1 heterocycles. The highest BCUT2D eigenvalue weighted by atomic mass is 19.1. The Hall–Kier alpha value is -1.94. The van der Waals surface area contributed by atoms with Gasteiger partial charge in [0.2, 0.25) is 0 Å². The molecule has 20 heavy (non-hydrogen) atoms. The Kier molecular flexibility index (Phi) is 5.07. The number of halogens is 1. The number of rotatable bonds is 6. The predicted molar refractivity (Wildman–Crippen MR) is 79.9 cm³/mol. The molecule has 0 spiro atoms. The van der Waals surface area contributed by atoms with Crippen LogP contribution in [0.5, 0.6) is 0 Å². The van der Waals surface area contributed by atoms with Crippen molar-refractivity contribution < 1.29 is 4.39 Å². The molecule has 2 aromatic rings. The fourth-order valence-electron chi connectivity index (χ4n) is 2.36. The van der Waals surface area contributed by atoms with Gasteiger partial charge in [0.05, 0.1) is 0 Å². The summed E-state index contributed by atoms with van der Waals surface area (Å²) in [5.74, 6) is 0.342. The maximum Gasteiger partial charge on any atom is 0.123 e. The van der Waals surface area contributed by atoms with Gasteiger partial charge in [0.15, 0.2) is 0 Å². The molecule has 0 saturated heterocycles. The van der Waals surface area contributed by atoms with Crippen LogP contribution in [0.4, 0.5) is 10.2 Å². The van der Waals surface area contributed by atoms with Crippen LogP contribution in [0.2, 0.25) is 0 Å². The van der Waals surface area contributed by atoms with Gasteiger partial charge in [0.1, 0.15) is 11.6 Å². The lowest BCUT2D eigenvalue weighted by atomic mass is 9.99. The number of nitrogen functional groups attached to an aromatic ring is 1. The van der Waals surface area contributed by atoms with Crippen molar-refractivity contribution in [3.63, 3.8) is 0 Å². The van der Waals surface area contributed by atoms with Crippen LogP contribution in [0.1, 0.15) is 18.1 Å². The zero-order valence-electron chi connectivity index (χ0n) is 11.6. The second-order valence-corrected chi connectivity index (χ2v) is 4.88. The van der Waals surface area contributed by atoms with Crippen LogP contribution in [0, 0.1) is 5.82 Å². The summed E-state index contributed by atoms with van der Waals surface area (Å²) in [6.45, 7) is 2.94. The molecule has 1 aromatic carbocycles. The first kappa shape index (κ1) is 14.5. The maximum absolute atomic E-state index is 13.2. The molecule has 0 aliphatic carbocycles. The highest BCUT2D eigenvalue weighted by Crippen LogP contribution is 2.12. The van der Waals surface area contributed by atoms with Crippen molar-refractivity contribution >= 4 is 5.82 Å². The van der Waals surface area contributed by atoms with Gasteiger partial charge in [-0.25, -0.2) is 9.37 Å². The lowest BCUT2D eigenvalue weighted by molar-refractivity contribution is 0.519. The Balaban J connectivity index is 2.07. The molecule has 3 nitrogen and oxygen atoms in total. The summed E-state index contributed by atoms with van der Waals surface area (Å²) >= 11 is 0.